The van der Waals surface area contributed by atoms with Crippen LogP contribution in [0.25, 0.3) is 16.5 Å². The molecule has 5 rings (SSSR count). The predicted octanol–water partition coefficient (Wildman–Crippen LogP) is 3.55. The smallest absolute Gasteiger partial charge is 0.275 e. The number of para-hydroxylation sites is 1. The molecule has 0 fully saturated rings. The zero-order valence-electron chi connectivity index (χ0n) is 18.2. The molecule has 0 bridgehead atoms. The van der Waals surface area contributed by atoms with Crippen molar-refractivity contribution in [3.63, 3.8) is 0 Å². The van der Waals surface area contributed by atoms with Gasteiger partial charge in [-0.05, 0) is 30.7 Å². The van der Waals surface area contributed by atoms with E-state index in [1.54, 1.807) is 30.6 Å². The van der Waals surface area contributed by atoms with Crippen LogP contribution >= 0.6 is 11.6 Å². The van der Waals surface area contributed by atoms with Gasteiger partial charge in [0.2, 0.25) is 0 Å². The maximum absolute atomic E-state index is 12.8. The largest absolute Gasteiger partial charge is 0.390 e. The van der Waals surface area contributed by atoms with E-state index >= 15 is 0 Å². The Hall–Kier alpha value is -3.88. The molecule has 2 aromatic heterocycles. The van der Waals surface area contributed by atoms with Gasteiger partial charge in [-0.1, -0.05) is 35.9 Å². The van der Waals surface area contributed by atoms with Gasteiger partial charge in [-0.25, -0.2) is 4.98 Å². The minimum absolute atomic E-state index is 0.0833. The summed E-state index contributed by atoms with van der Waals surface area (Å²) in [5, 5.41) is 16.1. The molecule has 2 amide bonds. The predicted molar refractivity (Wildman–Crippen MR) is 130 cm³/mol. The summed E-state index contributed by atoms with van der Waals surface area (Å²) < 4.78 is 4.03. The van der Waals surface area contributed by atoms with E-state index in [-0.39, 0.29) is 12.3 Å². The molecule has 8 nitrogen and oxygen atoms in total. The molecule has 1 aliphatic rings. The van der Waals surface area contributed by atoms with Gasteiger partial charge in [0.15, 0.2) is 0 Å². The number of fused-ring (bicyclic) bond motifs is 1. The van der Waals surface area contributed by atoms with E-state index in [4.69, 9.17) is 11.6 Å². The first-order chi connectivity index (χ1) is 16.5. The molecule has 0 aliphatic carbocycles. The van der Waals surface area contributed by atoms with Crippen LogP contribution in [0.5, 0.6) is 0 Å². The van der Waals surface area contributed by atoms with Crippen molar-refractivity contribution in [2.24, 2.45) is 0 Å². The number of hydrogen-bond acceptors (Lipinski definition) is 5. The molecule has 1 aliphatic heterocycles. The van der Waals surface area contributed by atoms with Gasteiger partial charge in [0.1, 0.15) is 5.70 Å². The molecule has 3 N–H and O–H groups in total. The molecule has 172 valence electrons. The lowest BCUT2D eigenvalue weighted by molar-refractivity contribution is -0.123. The normalized spacial score (nSPS) is 13.7. The Bertz CT molecular complexity index is 1440. The Balaban J connectivity index is 1.48. The molecule has 0 saturated heterocycles. The van der Waals surface area contributed by atoms with Crippen LogP contribution in [0.15, 0.2) is 72.9 Å². The Morgan fingerprint density at radius 1 is 1.03 bits per heavy atom. The fourth-order valence-electron chi connectivity index (χ4n) is 4.21. The van der Waals surface area contributed by atoms with Crippen LogP contribution in [-0.4, -0.2) is 31.0 Å². The third-order valence-corrected chi connectivity index (χ3v) is 5.98. The fraction of sp³-hybridized carbons (Fsp3) is 0.160. The summed E-state index contributed by atoms with van der Waals surface area (Å²) in [4.78, 5) is 29.6. The molecule has 4 aromatic rings. The van der Waals surface area contributed by atoms with Crippen LogP contribution < -0.4 is 10.6 Å². The number of carbonyl (C=O) groups is 2. The number of nitrogens with one attached hydrogen (secondary N) is 2. The first kappa shape index (κ1) is 21.9. The lowest BCUT2D eigenvalue weighted by Crippen LogP contribution is -2.24. The summed E-state index contributed by atoms with van der Waals surface area (Å²) in [5.41, 5.74) is 3.43. The topological polar surface area (TPSA) is 101 Å². The molecule has 0 atom stereocenters. The number of rotatable bonds is 8. The Labute approximate surface area is 200 Å². The second-order valence-electron chi connectivity index (χ2n) is 8.04. The third kappa shape index (κ3) is 4.21. The van der Waals surface area contributed by atoms with Gasteiger partial charge in [-0.15, -0.1) is 0 Å². The second kappa shape index (κ2) is 9.17. The number of imide groups is 1. The van der Waals surface area contributed by atoms with Crippen LogP contribution in [0.4, 0.5) is 5.69 Å². The van der Waals surface area contributed by atoms with E-state index in [1.807, 2.05) is 41.2 Å². The average molecular weight is 476 g/mol. The number of aromatic nitrogens is 3. The van der Waals surface area contributed by atoms with Crippen molar-refractivity contribution in [1.29, 1.82) is 0 Å². The number of amides is 2. The lowest BCUT2D eigenvalue weighted by Gasteiger charge is -2.08. The third-order valence-electron chi connectivity index (χ3n) is 5.75. The van der Waals surface area contributed by atoms with Gasteiger partial charge < -0.3 is 19.6 Å². The molecular weight excluding hydrogens is 454 g/mol. The molecular formula is C25H22ClN5O3. The number of aliphatic hydroxyl groups is 1. The number of aliphatic hydroxyl groups excluding tert-OH is 1. The number of hydrogen-bond donors (Lipinski definition) is 3. The number of nitrogens with zero attached hydrogens (tertiary/aromatic N) is 3. The van der Waals surface area contributed by atoms with Gasteiger partial charge >= 0.3 is 0 Å². The molecule has 2 aromatic carbocycles. The summed E-state index contributed by atoms with van der Waals surface area (Å²) in [6.45, 7) is 1.35. The Morgan fingerprint density at radius 3 is 2.68 bits per heavy atom. The van der Waals surface area contributed by atoms with Crippen LogP contribution in [-0.2, 0) is 29.3 Å². The van der Waals surface area contributed by atoms with E-state index < -0.39 is 11.8 Å². The van der Waals surface area contributed by atoms with E-state index in [1.165, 1.54) is 0 Å². The molecule has 3 heterocycles. The molecule has 0 saturated carbocycles. The van der Waals surface area contributed by atoms with E-state index in [2.05, 4.69) is 20.2 Å². The van der Waals surface area contributed by atoms with Crippen molar-refractivity contribution in [2.45, 2.75) is 26.1 Å². The first-order valence-corrected chi connectivity index (χ1v) is 11.2. The quantitative estimate of drug-likeness (QED) is 0.338. The summed E-state index contributed by atoms with van der Waals surface area (Å²) in [7, 11) is 0. The van der Waals surface area contributed by atoms with E-state index in [0.717, 1.165) is 23.9 Å². The summed E-state index contributed by atoms with van der Waals surface area (Å²) >= 11 is 6.09. The zero-order chi connectivity index (χ0) is 23.7. The maximum Gasteiger partial charge on any atom is 0.275 e. The number of aryl methyl sites for hydroxylation is 2. The summed E-state index contributed by atoms with van der Waals surface area (Å²) in [6, 6.07) is 14.8. The number of carbonyl (C=O) groups excluding carboxylic acids is 2. The van der Waals surface area contributed by atoms with Gasteiger partial charge in [0.05, 0.1) is 24.2 Å². The van der Waals surface area contributed by atoms with E-state index in [9.17, 15) is 14.7 Å². The summed E-state index contributed by atoms with van der Waals surface area (Å²) in [5.74, 6) is -0.913. The standard InChI is InChI=1S/C25H22ClN5O3/c26-16-5-3-6-17(11-16)28-23-22(24(33)29-25(23)34)20-13-31(21-8-2-1-7-19(20)21)10-4-9-30-12-18(14-32)27-15-30/h1-3,5-8,11-13,15,32H,4,9-10,14H2,(H2,28,29,33,34). The molecule has 34 heavy (non-hydrogen) atoms. The van der Waals surface area contributed by atoms with Crippen LogP contribution in [0.1, 0.15) is 17.7 Å². The highest BCUT2D eigenvalue weighted by atomic mass is 35.5. The minimum Gasteiger partial charge on any atom is -0.390 e. The highest BCUT2D eigenvalue weighted by molar-refractivity contribution is 6.38. The molecule has 9 heteroatoms. The van der Waals surface area contributed by atoms with Crippen LogP contribution in [0.2, 0.25) is 5.02 Å². The molecule has 0 spiro atoms. The number of halogens is 1. The van der Waals surface area contributed by atoms with E-state index in [0.29, 0.717) is 34.1 Å². The molecule has 0 radical (unpaired) electrons. The summed E-state index contributed by atoms with van der Waals surface area (Å²) in [6.07, 6.45) is 6.27. The zero-order valence-corrected chi connectivity index (χ0v) is 18.9. The van der Waals surface area contributed by atoms with Crippen LogP contribution in [0, 0.1) is 0 Å². The van der Waals surface area contributed by atoms with Gasteiger partial charge in [0.25, 0.3) is 11.8 Å². The minimum atomic E-state index is -0.475. The first-order valence-electron chi connectivity index (χ1n) is 10.9. The van der Waals surface area contributed by atoms with Gasteiger partial charge in [-0.2, -0.15) is 0 Å². The monoisotopic (exact) mass is 475 g/mol. The number of imidazole rings is 1. The fourth-order valence-corrected chi connectivity index (χ4v) is 4.40. The van der Waals surface area contributed by atoms with Gasteiger partial charge in [0, 0.05) is 52.7 Å². The maximum atomic E-state index is 12.8. The lowest BCUT2D eigenvalue weighted by atomic mass is 10.0. The number of anilines is 1. The molecule has 0 unspecified atom stereocenters. The van der Waals surface area contributed by atoms with Crippen molar-refractivity contribution >= 4 is 45.6 Å². The highest BCUT2D eigenvalue weighted by Gasteiger charge is 2.33. The van der Waals surface area contributed by atoms with Gasteiger partial charge in [-0.3, -0.25) is 14.9 Å². The average Bonchev–Trinajstić information content (AvgIpc) is 3.50. The highest BCUT2D eigenvalue weighted by Crippen LogP contribution is 2.33. The van der Waals surface area contributed by atoms with Crippen molar-refractivity contribution in [1.82, 2.24) is 19.4 Å². The van der Waals surface area contributed by atoms with Crippen molar-refractivity contribution in [3.8, 4) is 0 Å². The van der Waals surface area contributed by atoms with Crippen molar-refractivity contribution < 1.29 is 14.7 Å². The van der Waals surface area contributed by atoms with Crippen LogP contribution in [0.3, 0.4) is 0 Å². The SMILES string of the molecule is O=C1NC(=O)C(c2cn(CCCn3cnc(CO)c3)c3ccccc23)=C1Nc1cccc(Cl)c1. The Kier molecular flexibility index (Phi) is 5.91. The number of benzene rings is 2. The van der Waals surface area contributed by atoms with Crippen molar-refractivity contribution in [2.75, 3.05) is 5.32 Å². The van der Waals surface area contributed by atoms with Crippen molar-refractivity contribution in [3.05, 3.63) is 89.2 Å². The Morgan fingerprint density at radius 2 is 1.88 bits per heavy atom. The second-order valence-corrected chi connectivity index (χ2v) is 8.47.